The Bertz CT molecular complexity index is 865. The van der Waals surface area contributed by atoms with Crippen LogP contribution in [0.1, 0.15) is 27.5 Å². The van der Waals surface area contributed by atoms with Crippen LogP contribution >= 0.6 is 11.6 Å². The van der Waals surface area contributed by atoms with E-state index in [1.165, 1.54) is 0 Å². The molecule has 0 aliphatic heterocycles. The molecule has 0 aliphatic carbocycles. The summed E-state index contributed by atoms with van der Waals surface area (Å²) in [7, 11) is 1.73. The maximum absolute atomic E-state index is 12.8. The smallest absolute Gasteiger partial charge is 0.213 e. The number of nitrogens with zero attached hydrogens (tertiary/aromatic N) is 3. The average Bonchev–Trinajstić information content (AvgIpc) is 3.09. The maximum Gasteiger partial charge on any atom is 0.213 e. The summed E-state index contributed by atoms with van der Waals surface area (Å²) in [6.07, 6.45) is 1.71. The van der Waals surface area contributed by atoms with E-state index >= 15 is 0 Å². The molecule has 2 aromatic heterocycles. The molecule has 0 amide bonds. The van der Waals surface area contributed by atoms with Gasteiger partial charge in [0.15, 0.2) is 5.76 Å². The molecular formula is C16H14ClN3O3. The number of benzene rings is 1. The molecule has 118 valence electrons. The Morgan fingerprint density at radius 3 is 2.70 bits per heavy atom. The maximum atomic E-state index is 12.8. The van der Waals surface area contributed by atoms with Gasteiger partial charge in [-0.2, -0.15) is 5.10 Å². The third-order valence-electron chi connectivity index (χ3n) is 3.50. The van der Waals surface area contributed by atoms with E-state index in [2.05, 4.69) is 10.3 Å². The minimum Gasteiger partial charge on any atom is -0.388 e. The minimum atomic E-state index is -0.306. The van der Waals surface area contributed by atoms with Crippen LogP contribution in [0, 0.1) is 6.92 Å². The molecule has 0 atom stereocenters. The van der Waals surface area contributed by atoms with E-state index in [4.69, 9.17) is 16.1 Å². The highest BCUT2D eigenvalue weighted by atomic mass is 35.5. The summed E-state index contributed by atoms with van der Waals surface area (Å²) >= 11 is 5.86. The van der Waals surface area contributed by atoms with Gasteiger partial charge in [0.1, 0.15) is 12.3 Å². The zero-order valence-electron chi connectivity index (χ0n) is 12.6. The molecule has 0 saturated heterocycles. The molecule has 0 radical (unpaired) electrons. The van der Waals surface area contributed by atoms with Crippen molar-refractivity contribution in [3.8, 4) is 11.1 Å². The van der Waals surface area contributed by atoms with E-state index in [0.29, 0.717) is 33.2 Å². The molecule has 0 unspecified atom stereocenters. The fraction of sp³-hybridized carbons (Fsp3) is 0.188. The van der Waals surface area contributed by atoms with Gasteiger partial charge in [-0.05, 0) is 31.2 Å². The normalized spacial score (nSPS) is 11.0. The molecule has 2 heterocycles. The number of hydrogen-bond donors (Lipinski definition) is 1. The summed E-state index contributed by atoms with van der Waals surface area (Å²) in [5.41, 5.74) is 2.52. The zero-order chi connectivity index (χ0) is 16.6. The summed E-state index contributed by atoms with van der Waals surface area (Å²) in [4.78, 5) is 12.8. The van der Waals surface area contributed by atoms with Crippen molar-refractivity contribution in [2.75, 3.05) is 0 Å². The zero-order valence-corrected chi connectivity index (χ0v) is 13.3. The van der Waals surface area contributed by atoms with E-state index in [1.807, 2.05) is 0 Å². The predicted molar refractivity (Wildman–Crippen MR) is 84.2 cm³/mol. The molecule has 0 saturated carbocycles. The second-order valence-corrected chi connectivity index (χ2v) is 5.56. The number of halogens is 1. The lowest BCUT2D eigenvalue weighted by Crippen LogP contribution is -2.05. The third-order valence-corrected chi connectivity index (χ3v) is 3.75. The second kappa shape index (κ2) is 5.98. The van der Waals surface area contributed by atoms with Crippen molar-refractivity contribution in [3.63, 3.8) is 0 Å². The summed E-state index contributed by atoms with van der Waals surface area (Å²) in [5, 5.41) is 18.1. The van der Waals surface area contributed by atoms with Crippen LogP contribution < -0.4 is 0 Å². The van der Waals surface area contributed by atoms with E-state index in [-0.39, 0.29) is 18.1 Å². The molecule has 0 bridgehead atoms. The third kappa shape index (κ3) is 2.78. The number of hydrogen-bond acceptors (Lipinski definition) is 5. The van der Waals surface area contributed by atoms with Crippen molar-refractivity contribution in [2.45, 2.75) is 13.5 Å². The van der Waals surface area contributed by atoms with Gasteiger partial charge in [0.05, 0.1) is 11.3 Å². The highest BCUT2D eigenvalue weighted by Crippen LogP contribution is 2.31. The van der Waals surface area contributed by atoms with Crippen molar-refractivity contribution < 1.29 is 14.4 Å². The Hall–Kier alpha value is -2.44. The van der Waals surface area contributed by atoms with Gasteiger partial charge >= 0.3 is 0 Å². The number of ketones is 1. The van der Waals surface area contributed by atoms with E-state index < -0.39 is 0 Å². The van der Waals surface area contributed by atoms with Gasteiger partial charge in [-0.25, -0.2) is 0 Å². The largest absolute Gasteiger partial charge is 0.388 e. The summed E-state index contributed by atoms with van der Waals surface area (Å²) in [6, 6.07) is 6.61. The van der Waals surface area contributed by atoms with Crippen LogP contribution in [0.15, 0.2) is 35.0 Å². The first-order valence-electron chi connectivity index (χ1n) is 6.91. The minimum absolute atomic E-state index is 0.234. The van der Waals surface area contributed by atoms with E-state index in [0.717, 1.165) is 0 Å². The SMILES string of the molecule is Cc1noc(CO)c1-c1cn(C)nc1C(=O)c1ccc(Cl)cc1. The molecule has 0 spiro atoms. The summed E-state index contributed by atoms with van der Waals surface area (Å²) in [5.74, 6) is 0.0717. The quantitative estimate of drug-likeness (QED) is 0.743. The van der Waals surface area contributed by atoms with Crippen LogP contribution in [0.3, 0.4) is 0 Å². The van der Waals surface area contributed by atoms with Crippen molar-refractivity contribution >= 4 is 17.4 Å². The molecule has 3 rings (SSSR count). The first kappa shape index (κ1) is 15.5. The van der Waals surface area contributed by atoms with Gasteiger partial charge in [-0.1, -0.05) is 16.8 Å². The van der Waals surface area contributed by atoms with Crippen LogP contribution in [0.5, 0.6) is 0 Å². The molecule has 3 aromatic rings. The lowest BCUT2D eigenvalue weighted by Gasteiger charge is -2.02. The summed E-state index contributed by atoms with van der Waals surface area (Å²) in [6.45, 7) is 1.45. The lowest BCUT2D eigenvalue weighted by molar-refractivity contribution is 0.103. The number of aryl methyl sites for hydroxylation is 2. The Kier molecular flexibility index (Phi) is 4.02. The first-order chi connectivity index (χ1) is 11.0. The van der Waals surface area contributed by atoms with Gasteiger partial charge in [-0.15, -0.1) is 0 Å². The van der Waals surface area contributed by atoms with Crippen molar-refractivity contribution in [3.05, 3.63) is 58.2 Å². The van der Waals surface area contributed by atoms with Crippen molar-refractivity contribution in [1.82, 2.24) is 14.9 Å². The Balaban J connectivity index is 2.13. The fourth-order valence-electron chi connectivity index (χ4n) is 2.45. The number of aliphatic hydroxyl groups excluding tert-OH is 1. The van der Waals surface area contributed by atoms with Gasteiger partial charge in [-0.3, -0.25) is 9.48 Å². The van der Waals surface area contributed by atoms with E-state index in [9.17, 15) is 9.90 Å². The first-order valence-corrected chi connectivity index (χ1v) is 7.29. The molecule has 1 N–H and O–H groups in total. The summed E-state index contributed by atoms with van der Waals surface area (Å²) < 4.78 is 6.65. The van der Waals surface area contributed by atoms with Crippen LogP contribution in [0.25, 0.3) is 11.1 Å². The number of aromatic nitrogens is 3. The van der Waals surface area contributed by atoms with E-state index in [1.54, 1.807) is 49.1 Å². The molecule has 1 aromatic carbocycles. The number of rotatable bonds is 4. The molecular weight excluding hydrogens is 318 g/mol. The highest BCUT2D eigenvalue weighted by molar-refractivity contribution is 6.30. The molecule has 0 aliphatic rings. The standard InChI is InChI=1S/C16H14ClN3O3/c1-9-14(13(8-21)23-19-9)12-7-20(2)18-15(12)16(22)10-3-5-11(17)6-4-10/h3-7,21H,8H2,1-2H3. The van der Waals surface area contributed by atoms with Crippen LogP contribution in [-0.2, 0) is 13.7 Å². The van der Waals surface area contributed by atoms with Gasteiger partial charge in [0, 0.05) is 29.4 Å². The Morgan fingerprint density at radius 1 is 1.35 bits per heavy atom. The van der Waals surface area contributed by atoms with Crippen molar-refractivity contribution in [1.29, 1.82) is 0 Å². The highest BCUT2D eigenvalue weighted by Gasteiger charge is 2.24. The fourth-order valence-corrected chi connectivity index (χ4v) is 2.57. The second-order valence-electron chi connectivity index (χ2n) is 5.13. The molecule has 23 heavy (non-hydrogen) atoms. The van der Waals surface area contributed by atoms with Gasteiger partial charge < -0.3 is 9.63 Å². The Labute approximate surface area is 137 Å². The van der Waals surface area contributed by atoms with Crippen LogP contribution in [0.2, 0.25) is 5.02 Å². The predicted octanol–water partition coefficient (Wildman–Crippen LogP) is 2.76. The number of carbonyl (C=O) groups is 1. The van der Waals surface area contributed by atoms with Gasteiger partial charge in [0.2, 0.25) is 5.78 Å². The number of carbonyl (C=O) groups excluding carboxylic acids is 1. The lowest BCUT2D eigenvalue weighted by atomic mass is 9.99. The average molecular weight is 332 g/mol. The monoisotopic (exact) mass is 331 g/mol. The molecule has 0 fully saturated rings. The molecule has 6 nitrogen and oxygen atoms in total. The van der Waals surface area contributed by atoms with Crippen LogP contribution in [-0.4, -0.2) is 25.8 Å². The van der Waals surface area contributed by atoms with Crippen LogP contribution in [0.4, 0.5) is 0 Å². The number of aliphatic hydroxyl groups is 1. The Morgan fingerprint density at radius 2 is 2.04 bits per heavy atom. The van der Waals surface area contributed by atoms with Gasteiger partial charge in [0.25, 0.3) is 0 Å². The topological polar surface area (TPSA) is 81.2 Å². The van der Waals surface area contributed by atoms with Crippen molar-refractivity contribution in [2.24, 2.45) is 7.05 Å². The molecule has 7 heteroatoms.